The molecule has 0 aliphatic rings. The highest BCUT2D eigenvalue weighted by Gasteiger charge is 2.19. The summed E-state index contributed by atoms with van der Waals surface area (Å²) >= 11 is 0. The lowest BCUT2D eigenvalue weighted by atomic mass is 10.0. The molecule has 6 nitrogen and oxygen atoms in total. The Hall–Kier alpha value is -3.15. The standard InChI is InChI=1S/C23H27N3O3/c1-14(2)11-20(16(4)27)26-23(28)17-9-10-21(15(3)12-17)29-13-22-24-18-7-5-6-8-19(18)25-22/h5-10,12,14,20H,11,13H2,1-4H3,(H,24,25)(H,26,28). The first-order valence-corrected chi connectivity index (χ1v) is 9.82. The Kier molecular flexibility index (Phi) is 6.32. The van der Waals surface area contributed by atoms with E-state index >= 15 is 0 Å². The fourth-order valence-electron chi connectivity index (χ4n) is 3.21. The van der Waals surface area contributed by atoms with Crippen LogP contribution in [0, 0.1) is 12.8 Å². The number of aromatic nitrogens is 2. The van der Waals surface area contributed by atoms with Gasteiger partial charge in [0.2, 0.25) is 0 Å². The second-order valence-corrected chi connectivity index (χ2v) is 7.74. The molecule has 2 aromatic carbocycles. The van der Waals surface area contributed by atoms with Crippen molar-refractivity contribution in [1.82, 2.24) is 15.3 Å². The van der Waals surface area contributed by atoms with Crippen molar-refractivity contribution in [3.8, 4) is 5.75 Å². The van der Waals surface area contributed by atoms with Gasteiger partial charge in [0.1, 0.15) is 18.2 Å². The number of hydrogen-bond donors (Lipinski definition) is 2. The lowest BCUT2D eigenvalue weighted by molar-refractivity contribution is -0.119. The van der Waals surface area contributed by atoms with Gasteiger partial charge in [0.05, 0.1) is 17.1 Å². The van der Waals surface area contributed by atoms with E-state index in [1.165, 1.54) is 6.92 Å². The van der Waals surface area contributed by atoms with Crippen LogP contribution in [0.1, 0.15) is 48.9 Å². The molecule has 0 fully saturated rings. The average Bonchev–Trinajstić information content (AvgIpc) is 3.09. The third-order valence-electron chi connectivity index (χ3n) is 4.74. The molecule has 0 radical (unpaired) electrons. The topological polar surface area (TPSA) is 84.1 Å². The number of H-pyrrole nitrogens is 1. The van der Waals surface area contributed by atoms with E-state index in [9.17, 15) is 9.59 Å². The first-order chi connectivity index (χ1) is 13.8. The van der Waals surface area contributed by atoms with Gasteiger partial charge < -0.3 is 15.0 Å². The SMILES string of the molecule is CC(=O)C(CC(C)C)NC(=O)c1ccc(OCc2nc3ccccc3[nH]2)c(C)c1. The van der Waals surface area contributed by atoms with Gasteiger partial charge in [-0.3, -0.25) is 9.59 Å². The highest BCUT2D eigenvalue weighted by molar-refractivity contribution is 5.97. The maximum atomic E-state index is 12.6. The van der Waals surface area contributed by atoms with E-state index in [4.69, 9.17) is 4.74 Å². The molecular formula is C23H27N3O3. The monoisotopic (exact) mass is 393 g/mol. The van der Waals surface area contributed by atoms with Crippen molar-refractivity contribution in [3.63, 3.8) is 0 Å². The maximum absolute atomic E-state index is 12.6. The number of ketones is 1. The Morgan fingerprint density at radius 2 is 1.93 bits per heavy atom. The van der Waals surface area contributed by atoms with Crippen molar-refractivity contribution in [2.24, 2.45) is 5.92 Å². The van der Waals surface area contributed by atoms with Gasteiger partial charge >= 0.3 is 0 Å². The molecule has 0 aliphatic heterocycles. The van der Waals surface area contributed by atoms with Crippen LogP contribution in [0.25, 0.3) is 11.0 Å². The summed E-state index contributed by atoms with van der Waals surface area (Å²) < 4.78 is 5.88. The van der Waals surface area contributed by atoms with Gasteiger partial charge in [-0.25, -0.2) is 4.98 Å². The van der Waals surface area contributed by atoms with Gasteiger partial charge in [0.15, 0.2) is 5.78 Å². The molecule has 3 aromatic rings. The lowest BCUT2D eigenvalue weighted by Gasteiger charge is -2.18. The zero-order chi connectivity index (χ0) is 21.0. The molecule has 1 amide bonds. The second-order valence-electron chi connectivity index (χ2n) is 7.74. The van der Waals surface area contributed by atoms with Crippen LogP contribution < -0.4 is 10.1 Å². The van der Waals surface area contributed by atoms with Gasteiger partial charge in [0.25, 0.3) is 5.91 Å². The number of carbonyl (C=O) groups is 2. The fraction of sp³-hybridized carbons (Fsp3) is 0.348. The maximum Gasteiger partial charge on any atom is 0.251 e. The van der Waals surface area contributed by atoms with Gasteiger partial charge in [-0.2, -0.15) is 0 Å². The number of nitrogens with one attached hydrogen (secondary N) is 2. The van der Waals surface area contributed by atoms with Gasteiger partial charge in [0, 0.05) is 5.56 Å². The zero-order valence-electron chi connectivity index (χ0n) is 17.3. The van der Waals surface area contributed by atoms with E-state index in [0.717, 1.165) is 22.4 Å². The van der Waals surface area contributed by atoms with Crippen molar-refractivity contribution >= 4 is 22.7 Å². The van der Waals surface area contributed by atoms with E-state index in [-0.39, 0.29) is 11.7 Å². The number of rotatable bonds is 8. The van der Waals surface area contributed by atoms with Gasteiger partial charge in [-0.05, 0) is 62.1 Å². The zero-order valence-corrected chi connectivity index (χ0v) is 17.3. The Morgan fingerprint density at radius 1 is 1.17 bits per heavy atom. The van der Waals surface area contributed by atoms with Crippen molar-refractivity contribution in [1.29, 1.82) is 0 Å². The molecule has 6 heteroatoms. The number of ether oxygens (including phenoxy) is 1. The molecule has 1 atom stereocenters. The van der Waals surface area contributed by atoms with E-state index in [1.807, 2.05) is 45.0 Å². The number of hydrogen-bond acceptors (Lipinski definition) is 4. The normalized spacial score (nSPS) is 12.2. The van der Waals surface area contributed by atoms with Crippen LogP contribution in [0.3, 0.4) is 0 Å². The molecule has 0 saturated heterocycles. The predicted octanol–water partition coefficient (Wildman–Crippen LogP) is 4.18. The van der Waals surface area contributed by atoms with Crippen LogP contribution in [0.2, 0.25) is 0 Å². The number of carbonyl (C=O) groups excluding carboxylic acids is 2. The summed E-state index contributed by atoms with van der Waals surface area (Å²) in [5.41, 5.74) is 3.22. The molecule has 0 aliphatic carbocycles. The van der Waals surface area contributed by atoms with Crippen LogP contribution in [0.15, 0.2) is 42.5 Å². The Balaban J connectivity index is 1.65. The molecule has 1 unspecified atom stereocenters. The van der Waals surface area contributed by atoms with Crippen LogP contribution in [0.4, 0.5) is 0 Å². The summed E-state index contributed by atoms with van der Waals surface area (Å²) in [6.45, 7) is 7.76. The predicted molar refractivity (Wildman–Crippen MR) is 113 cm³/mol. The number of fused-ring (bicyclic) bond motifs is 1. The third kappa shape index (κ3) is 5.22. The lowest BCUT2D eigenvalue weighted by Crippen LogP contribution is -2.40. The number of para-hydroxylation sites is 2. The summed E-state index contributed by atoms with van der Waals surface area (Å²) in [5, 5.41) is 2.84. The summed E-state index contributed by atoms with van der Waals surface area (Å²) in [7, 11) is 0. The first-order valence-electron chi connectivity index (χ1n) is 9.82. The summed E-state index contributed by atoms with van der Waals surface area (Å²) in [6.07, 6.45) is 0.624. The largest absolute Gasteiger partial charge is 0.485 e. The first kappa shape index (κ1) is 20.6. The quantitative estimate of drug-likeness (QED) is 0.601. The molecule has 1 aromatic heterocycles. The number of Topliss-reactive ketones (excluding diaryl/α,β-unsaturated/α-hetero) is 1. The van der Waals surface area contributed by atoms with Gasteiger partial charge in [-0.1, -0.05) is 26.0 Å². The van der Waals surface area contributed by atoms with E-state index < -0.39 is 6.04 Å². The highest BCUT2D eigenvalue weighted by atomic mass is 16.5. The minimum absolute atomic E-state index is 0.0328. The highest BCUT2D eigenvalue weighted by Crippen LogP contribution is 2.21. The van der Waals surface area contributed by atoms with Gasteiger partial charge in [-0.15, -0.1) is 0 Å². The van der Waals surface area contributed by atoms with Crippen LogP contribution in [-0.4, -0.2) is 27.7 Å². The molecule has 1 heterocycles. The molecular weight excluding hydrogens is 366 g/mol. The summed E-state index contributed by atoms with van der Waals surface area (Å²) in [6, 6.07) is 12.6. The molecule has 152 valence electrons. The summed E-state index contributed by atoms with van der Waals surface area (Å²) in [5.74, 6) is 1.46. The molecule has 2 N–H and O–H groups in total. The number of amides is 1. The molecule has 29 heavy (non-hydrogen) atoms. The number of imidazole rings is 1. The van der Waals surface area contributed by atoms with Crippen molar-refractivity contribution < 1.29 is 14.3 Å². The second kappa shape index (κ2) is 8.90. The number of aryl methyl sites for hydroxylation is 1. The van der Waals surface area contributed by atoms with Crippen molar-refractivity contribution in [2.45, 2.75) is 46.8 Å². The van der Waals surface area contributed by atoms with E-state index in [1.54, 1.807) is 18.2 Å². The van der Waals surface area contributed by atoms with E-state index in [2.05, 4.69) is 15.3 Å². The van der Waals surface area contributed by atoms with Crippen LogP contribution in [0.5, 0.6) is 5.75 Å². The van der Waals surface area contributed by atoms with E-state index in [0.29, 0.717) is 30.3 Å². The Morgan fingerprint density at radius 3 is 2.59 bits per heavy atom. The Labute approximate surface area is 170 Å². The number of nitrogens with zero attached hydrogens (tertiary/aromatic N) is 1. The number of benzene rings is 2. The smallest absolute Gasteiger partial charge is 0.251 e. The van der Waals surface area contributed by atoms with Crippen LogP contribution >= 0.6 is 0 Å². The number of aromatic amines is 1. The molecule has 0 bridgehead atoms. The molecule has 3 rings (SSSR count). The average molecular weight is 393 g/mol. The Bertz CT molecular complexity index is 990. The minimum atomic E-state index is -0.466. The van der Waals surface area contributed by atoms with Crippen molar-refractivity contribution in [2.75, 3.05) is 0 Å². The summed E-state index contributed by atoms with van der Waals surface area (Å²) in [4.78, 5) is 32.1. The van der Waals surface area contributed by atoms with Crippen LogP contribution in [-0.2, 0) is 11.4 Å². The molecule has 0 saturated carbocycles. The fourth-order valence-corrected chi connectivity index (χ4v) is 3.21. The molecule has 0 spiro atoms. The van der Waals surface area contributed by atoms with Crippen molar-refractivity contribution in [3.05, 3.63) is 59.4 Å². The third-order valence-corrected chi connectivity index (χ3v) is 4.74. The minimum Gasteiger partial charge on any atom is -0.485 e.